The summed E-state index contributed by atoms with van der Waals surface area (Å²) in [4.78, 5) is 17.1. The van der Waals surface area contributed by atoms with Gasteiger partial charge in [0, 0.05) is 19.6 Å². The summed E-state index contributed by atoms with van der Waals surface area (Å²) >= 11 is 0. The zero-order valence-corrected chi connectivity index (χ0v) is 15.8. The number of benzene rings is 2. The van der Waals surface area contributed by atoms with Crippen molar-refractivity contribution < 1.29 is 4.79 Å². The summed E-state index contributed by atoms with van der Waals surface area (Å²) < 4.78 is 0. The zero-order chi connectivity index (χ0) is 18.4. The van der Waals surface area contributed by atoms with Gasteiger partial charge in [0.15, 0.2) is 0 Å². The van der Waals surface area contributed by atoms with E-state index < -0.39 is 0 Å². The fourth-order valence-corrected chi connectivity index (χ4v) is 3.66. The Labute approximate surface area is 156 Å². The molecule has 1 aliphatic rings. The van der Waals surface area contributed by atoms with Crippen molar-refractivity contribution in [2.24, 2.45) is 0 Å². The van der Waals surface area contributed by atoms with E-state index in [0.717, 1.165) is 30.6 Å². The molecule has 0 spiro atoms. The molecule has 2 aromatic carbocycles. The number of likely N-dealkylation sites (tertiary alicyclic amines) is 1. The molecule has 1 N–H and O–H groups in total. The van der Waals surface area contributed by atoms with Gasteiger partial charge in [0.25, 0.3) is 0 Å². The third kappa shape index (κ3) is 4.64. The molecule has 0 unspecified atom stereocenters. The molecular weight excluding hydrogens is 322 g/mol. The number of carbonyl (C=O) groups excluding carboxylic acids is 1. The van der Waals surface area contributed by atoms with Crippen LogP contribution in [0.3, 0.4) is 0 Å². The maximum atomic E-state index is 12.9. The fraction of sp³-hybridized carbons (Fsp3) is 0.409. The minimum atomic E-state index is -0.142. The molecule has 138 valence electrons. The van der Waals surface area contributed by atoms with Crippen LogP contribution in [0.4, 0.5) is 4.79 Å². The second-order valence-corrected chi connectivity index (χ2v) is 7.21. The second kappa shape index (κ2) is 8.86. The fourth-order valence-electron chi connectivity index (χ4n) is 3.66. The number of piperidine rings is 1. The molecule has 0 saturated carbocycles. The lowest BCUT2D eigenvalue weighted by Gasteiger charge is -2.35. The smallest absolute Gasteiger partial charge is 0.317 e. The lowest BCUT2D eigenvalue weighted by atomic mass is 9.99. The van der Waals surface area contributed by atoms with Crippen molar-refractivity contribution in [3.63, 3.8) is 0 Å². The molecule has 1 heterocycles. The highest BCUT2D eigenvalue weighted by molar-refractivity contribution is 5.75. The summed E-state index contributed by atoms with van der Waals surface area (Å²) in [5.41, 5.74) is 2.19. The Kier molecular flexibility index (Phi) is 6.29. The molecule has 3 rings (SSSR count). The molecule has 26 heavy (non-hydrogen) atoms. The van der Waals surface area contributed by atoms with Gasteiger partial charge >= 0.3 is 6.03 Å². The van der Waals surface area contributed by atoms with E-state index >= 15 is 0 Å². The first-order valence-corrected chi connectivity index (χ1v) is 9.47. The molecular formula is C22H29N3O. The van der Waals surface area contributed by atoms with Crippen molar-refractivity contribution in [2.75, 3.05) is 27.2 Å². The van der Waals surface area contributed by atoms with Crippen molar-refractivity contribution in [1.29, 1.82) is 0 Å². The number of hydrogen-bond donors (Lipinski definition) is 1. The Morgan fingerprint density at radius 2 is 1.65 bits per heavy atom. The standard InChI is InChI=1S/C22H29N3O/c1-24-16-10-9-15-20(24)17-25(2)22(26)23-21(18-11-5-3-6-12-18)19-13-7-4-8-14-19/h3-8,11-14,20-21H,9-10,15-17H2,1-2H3,(H,23,26)/t20-/m0/s1. The predicted octanol–water partition coefficient (Wildman–Crippen LogP) is 3.90. The number of amides is 2. The lowest BCUT2D eigenvalue weighted by molar-refractivity contribution is 0.143. The third-order valence-electron chi connectivity index (χ3n) is 5.29. The summed E-state index contributed by atoms with van der Waals surface area (Å²) in [5.74, 6) is 0. The van der Waals surface area contributed by atoms with Gasteiger partial charge in [0.1, 0.15) is 0 Å². The van der Waals surface area contributed by atoms with Gasteiger partial charge in [-0.3, -0.25) is 0 Å². The van der Waals surface area contributed by atoms with Gasteiger partial charge in [-0.25, -0.2) is 4.79 Å². The molecule has 0 radical (unpaired) electrons. The highest BCUT2D eigenvalue weighted by Crippen LogP contribution is 2.22. The SMILES string of the molecule is CN(C[C@@H]1CCCCN1C)C(=O)NC(c1ccccc1)c1ccccc1. The number of carbonyl (C=O) groups is 1. The highest BCUT2D eigenvalue weighted by Gasteiger charge is 2.24. The zero-order valence-electron chi connectivity index (χ0n) is 15.8. The van der Waals surface area contributed by atoms with Gasteiger partial charge in [0.2, 0.25) is 0 Å². The summed E-state index contributed by atoms with van der Waals surface area (Å²) in [6.07, 6.45) is 3.67. The molecule has 1 aliphatic heterocycles. The Morgan fingerprint density at radius 1 is 1.08 bits per heavy atom. The van der Waals surface area contributed by atoms with E-state index in [4.69, 9.17) is 0 Å². The van der Waals surface area contributed by atoms with E-state index in [9.17, 15) is 4.79 Å². The average Bonchev–Trinajstić information content (AvgIpc) is 2.69. The largest absolute Gasteiger partial charge is 0.327 e. The molecule has 4 heteroatoms. The Balaban J connectivity index is 1.71. The quantitative estimate of drug-likeness (QED) is 0.887. The molecule has 1 saturated heterocycles. The van der Waals surface area contributed by atoms with Gasteiger partial charge in [-0.05, 0) is 37.6 Å². The van der Waals surface area contributed by atoms with Crippen LogP contribution in [0.25, 0.3) is 0 Å². The number of nitrogens with zero attached hydrogens (tertiary/aromatic N) is 2. The van der Waals surface area contributed by atoms with Gasteiger partial charge in [0.05, 0.1) is 6.04 Å². The summed E-state index contributed by atoms with van der Waals surface area (Å²) in [6.45, 7) is 1.88. The van der Waals surface area contributed by atoms with Gasteiger partial charge in [-0.15, -0.1) is 0 Å². The normalized spacial score (nSPS) is 17.9. The number of rotatable bonds is 5. The van der Waals surface area contributed by atoms with Crippen molar-refractivity contribution in [3.05, 3.63) is 71.8 Å². The molecule has 4 nitrogen and oxygen atoms in total. The van der Waals surface area contributed by atoms with Gasteiger partial charge < -0.3 is 15.1 Å². The Hall–Kier alpha value is -2.33. The van der Waals surface area contributed by atoms with E-state index in [0.29, 0.717) is 6.04 Å². The van der Waals surface area contributed by atoms with Crippen molar-refractivity contribution >= 4 is 6.03 Å². The van der Waals surface area contributed by atoms with Crippen LogP contribution in [-0.4, -0.2) is 49.1 Å². The first kappa shape index (κ1) is 18.5. The first-order chi connectivity index (χ1) is 12.6. The second-order valence-electron chi connectivity index (χ2n) is 7.21. The highest BCUT2D eigenvalue weighted by atomic mass is 16.2. The number of nitrogens with one attached hydrogen (secondary N) is 1. The van der Waals surface area contributed by atoms with Crippen molar-refractivity contribution in [1.82, 2.24) is 15.1 Å². The molecule has 0 bridgehead atoms. The predicted molar refractivity (Wildman–Crippen MR) is 106 cm³/mol. The Bertz CT molecular complexity index is 650. The number of urea groups is 1. The van der Waals surface area contributed by atoms with Crippen LogP contribution in [0, 0.1) is 0 Å². The maximum absolute atomic E-state index is 12.9. The maximum Gasteiger partial charge on any atom is 0.317 e. The summed E-state index contributed by atoms with van der Waals surface area (Å²) in [7, 11) is 4.05. The third-order valence-corrected chi connectivity index (χ3v) is 5.29. The molecule has 0 aromatic heterocycles. The van der Waals surface area contributed by atoms with Crippen LogP contribution >= 0.6 is 0 Å². The molecule has 0 aliphatic carbocycles. The van der Waals surface area contributed by atoms with E-state index in [1.54, 1.807) is 0 Å². The van der Waals surface area contributed by atoms with E-state index in [2.05, 4.69) is 41.5 Å². The van der Waals surface area contributed by atoms with Crippen LogP contribution < -0.4 is 5.32 Å². The average molecular weight is 351 g/mol. The molecule has 1 fully saturated rings. The van der Waals surface area contributed by atoms with Crippen LogP contribution in [0.5, 0.6) is 0 Å². The Morgan fingerprint density at radius 3 is 2.19 bits per heavy atom. The van der Waals surface area contributed by atoms with Crippen LogP contribution in [0.1, 0.15) is 36.4 Å². The van der Waals surface area contributed by atoms with E-state index in [-0.39, 0.29) is 12.1 Å². The molecule has 1 atom stereocenters. The van der Waals surface area contributed by atoms with Crippen molar-refractivity contribution in [3.8, 4) is 0 Å². The van der Waals surface area contributed by atoms with Gasteiger partial charge in [-0.2, -0.15) is 0 Å². The summed E-state index contributed by atoms with van der Waals surface area (Å²) in [5, 5.41) is 3.22. The first-order valence-electron chi connectivity index (χ1n) is 9.47. The molecule has 2 amide bonds. The van der Waals surface area contributed by atoms with Gasteiger partial charge in [-0.1, -0.05) is 67.1 Å². The minimum Gasteiger partial charge on any atom is -0.327 e. The van der Waals surface area contributed by atoms with Crippen LogP contribution in [-0.2, 0) is 0 Å². The van der Waals surface area contributed by atoms with E-state index in [1.807, 2.05) is 48.3 Å². The topological polar surface area (TPSA) is 35.6 Å². The summed E-state index contributed by atoms with van der Waals surface area (Å²) in [6, 6.07) is 20.6. The lowest BCUT2D eigenvalue weighted by Crippen LogP contribution is -2.48. The van der Waals surface area contributed by atoms with Crippen LogP contribution in [0.2, 0.25) is 0 Å². The number of hydrogen-bond acceptors (Lipinski definition) is 2. The minimum absolute atomic E-state index is 0.0262. The van der Waals surface area contributed by atoms with Crippen molar-refractivity contribution in [2.45, 2.75) is 31.3 Å². The van der Waals surface area contributed by atoms with Crippen LogP contribution in [0.15, 0.2) is 60.7 Å². The molecule has 2 aromatic rings. The number of likely N-dealkylation sites (N-methyl/N-ethyl adjacent to an activating group) is 2. The van der Waals surface area contributed by atoms with E-state index in [1.165, 1.54) is 12.8 Å². The monoisotopic (exact) mass is 351 g/mol.